The summed E-state index contributed by atoms with van der Waals surface area (Å²) >= 11 is 0. The van der Waals surface area contributed by atoms with Gasteiger partial charge < -0.3 is 9.88 Å². The number of nitrogens with zero attached hydrogens (tertiary/aromatic N) is 1. The largest absolute Gasteiger partial charge is 0.358 e. The van der Waals surface area contributed by atoms with Crippen LogP contribution >= 0.6 is 0 Å². The molecule has 0 bridgehead atoms. The van der Waals surface area contributed by atoms with Crippen LogP contribution in [0.25, 0.3) is 10.9 Å². The van der Waals surface area contributed by atoms with Crippen molar-refractivity contribution in [2.75, 3.05) is 13.6 Å². The zero-order valence-electron chi connectivity index (χ0n) is 12.0. The fraction of sp³-hybridized carbons (Fsp3) is 0.312. The molecule has 1 aromatic heterocycles. The fourth-order valence-corrected chi connectivity index (χ4v) is 2.29. The molecule has 0 spiro atoms. The molecule has 0 saturated carbocycles. The molecule has 1 aromatic carbocycles. The summed E-state index contributed by atoms with van der Waals surface area (Å²) in [5.74, 6) is 0.0307. The van der Waals surface area contributed by atoms with E-state index in [2.05, 4.69) is 18.5 Å². The maximum absolute atomic E-state index is 12.3. The van der Waals surface area contributed by atoms with Crippen LogP contribution in [0.3, 0.4) is 0 Å². The topological polar surface area (TPSA) is 36.1 Å². The second kappa shape index (κ2) is 4.92. The van der Waals surface area contributed by atoms with Gasteiger partial charge in [-0.05, 0) is 44.5 Å². The maximum Gasteiger partial charge on any atom is 0.253 e. The maximum atomic E-state index is 12.3. The van der Waals surface area contributed by atoms with Crippen molar-refractivity contribution in [1.82, 2.24) is 9.88 Å². The smallest absolute Gasteiger partial charge is 0.253 e. The Morgan fingerprint density at radius 3 is 2.68 bits per heavy atom. The van der Waals surface area contributed by atoms with Crippen LogP contribution in [-0.4, -0.2) is 29.4 Å². The zero-order valence-corrected chi connectivity index (χ0v) is 12.0. The number of H-pyrrole nitrogens is 1. The standard InChI is InChI=1S/C16H20N2O/c1-10(2)9-18(5)16(19)13-6-7-15-14(8-13)11(3)12(4)17-15/h6-8,17H,1,9H2,2-5H3. The van der Waals surface area contributed by atoms with Crippen molar-refractivity contribution >= 4 is 16.8 Å². The molecule has 1 amide bonds. The third-order valence-electron chi connectivity index (χ3n) is 3.41. The molecule has 0 aliphatic rings. The number of benzene rings is 1. The van der Waals surface area contributed by atoms with Gasteiger partial charge >= 0.3 is 0 Å². The average Bonchev–Trinajstić information content (AvgIpc) is 2.63. The van der Waals surface area contributed by atoms with E-state index >= 15 is 0 Å². The number of carbonyl (C=O) groups excluding carboxylic acids is 1. The molecular formula is C16H20N2O. The van der Waals surface area contributed by atoms with E-state index < -0.39 is 0 Å². The summed E-state index contributed by atoms with van der Waals surface area (Å²) in [6.45, 7) is 10.5. The van der Waals surface area contributed by atoms with Crippen molar-refractivity contribution in [1.29, 1.82) is 0 Å². The molecule has 19 heavy (non-hydrogen) atoms. The second-order valence-electron chi connectivity index (χ2n) is 5.25. The number of amides is 1. The Labute approximate surface area is 113 Å². The zero-order chi connectivity index (χ0) is 14.2. The van der Waals surface area contributed by atoms with Crippen LogP contribution in [0.5, 0.6) is 0 Å². The van der Waals surface area contributed by atoms with Crippen molar-refractivity contribution in [3.8, 4) is 0 Å². The molecule has 2 rings (SSSR count). The molecule has 0 fully saturated rings. The van der Waals surface area contributed by atoms with E-state index in [0.29, 0.717) is 6.54 Å². The first-order chi connectivity index (χ1) is 8.90. The van der Waals surface area contributed by atoms with Crippen LogP contribution in [-0.2, 0) is 0 Å². The Morgan fingerprint density at radius 2 is 2.05 bits per heavy atom. The van der Waals surface area contributed by atoms with Gasteiger partial charge in [0.15, 0.2) is 0 Å². The Balaban J connectivity index is 2.37. The van der Waals surface area contributed by atoms with E-state index in [-0.39, 0.29) is 5.91 Å². The second-order valence-corrected chi connectivity index (χ2v) is 5.25. The third-order valence-corrected chi connectivity index (χ3v) is 3.41. The molecule has 3 nitrogen and oxygen atoms in total. The van der Waals surface area contributed by atoms with Gasteiger partial charge in [-0.15, -0.1) is 0 Å². The lowest BCUT2D eigenvalue weighted by molar-refractivity contribution is 0.0807. The number of hydrogen-bond acceptors (Lipinski definition) is 1. The first kappa shape index (κ1) is 13.4. The third kappa shape index (κ3) is 2.55. The molecule has 0 atom stereocenters. The van der Waals surface area contributed by atoms with Gasteiger partial charge in [-0.3, -0.25) is 4.79 Å². The quantitative estimate of drug-likeness (QED) is 0.839. The Kier molecular flexibility index (Phi) is 3.47. The fourth-order valence-electron chi connectivity index (χ4n) is 2.29. The van der Waals surface area contributed by atoms with Crippen molar-refractivity contribution in [2.24, 2.45) is 0 Å². The molecule has 1 N–H and O–H groups in total. The summed E-state index contributed by atoms with van der Waals surface area (Å²) in [7, 11) is 1.80. The molecule has 0 unspecified atom stereocenters. The van der Waals surface area contributed by atoms with Gasteiger partial charge in [0.1, 0.15) is 0 Å². The molecule has 0 aliphatic carbocycles. The minimum atomic E-state index is 0.0307. The van der Waals surface area contributed by atoms with Crippen molar-refractivity contribution in [3.05, 3.63) is 47.2 Å². The highest BCUT2D eigenvalue weighted by atomic mass is 16.2. The summed E-state index contributed by atoms with van der Waals surface area (Å²) in [5, 5.41) is 1.12. The lowest BCUT2D eigenvalue weighted by Gasteiger charge is -2.17. The van der Waals surface area contributed by atoms with Crippen LogP contribution in [0.1, 0.15) is 28.5 Å². The van der Waals surface area contributed by atoms with E-state index in [1.54, 1.807) is 11.9 Å². The Morgan fingerprint density at radius 1 is 1.37 bits per heavy atom. The van der Waals surface area contributed by atoms with E-state index in [0.717, 1.165) is 27.7 Å². The van der Waals surface area contributed by atoms with Crippen molar-refractivity contribution < 1.29 is 4.79 Å². The monoisotopic (exact) mass is 256 g/mol. The van der Waals surface area contributed by atoms with Gasteiger partial charge in [-0.1, -0.05) is 12.2 Å². The van der Waals surface area contributed by atoms with Gasteiger partial charge in [0.25, 0.3) is 5.91 Å². The van der Waals surface area contributed by atoms with Gasteiger partial charge in [0, 0.05) is 35.8 Å². The first-order valence-electron chi connectivity index (χ1n) is 6.39. The summed E-state index contributed by atoms with van der Waals surface area (Å²) in [4.78, 5) is 17.3. The van der Waals surface area contributed by atoms with Crippen LogP contribution < -0.4 is 0 Å². The van der Waals surface area contributed by atoms with Crippen LogP contribution in [0.2, 0.25) is 0 Å². The van der Waals surface area contributed by atoms with E-state index in [4.69, 9.17) is 0 Å². The molecule has 0 saturated heterocycles. The molecule has 3 heteroatoms. The molecule has 2 aromatic rings. The summed E-state index contributed by atoms with van der Waals surface area (Å²) < 4.78 is 0. The van der Waals surface area contributed by atoms with Gasteiger partial charge in [0.2, 0.25) is 0 Å². The number of carbonyl (C=O) groups is 1. The number of nitrogens with one attached hydrogen (secondary N) is 1. The van der Waals surface area contributed by atoms with Crippen LogP contribution in [0.4, 0.5) is 0 Å². The highest BCUT2D eigenvalue weighted by Gasteiger charge is 2.13. The molecule has 100 valence electrons. The molecule has 0 radical (unpaired) electrons. The van der Waals surface area contributed by atoms with Gasteiger partial charge in [-0.25, -0.2) is 0 Å². The molecule has 0 aliphatic heterocycles. The summed E-state index contributed by atoms with van der Waals surface area (Å²) in [6, 6.07) is 5.80. The predicted molar refractivity (Wildman–Crippen MR) is 79.5 cm³/mol. The van der Waals surface area contributed by atoms with Crippen LogP contribution in [0, 0.1) is 13.8 Å². The highest BCUT2D eigenvalue weighted by Crippen LogP contribution is 2.22. The van der Waals surface area contributed by atoms with E-state index in [1.807, 2.05) is 32.0 Å². The lowest BCUT2D eigenvalue weighted by Crippen LogP contribution is -2.28. The minimum Gasteiger partial charge on any atom is -0.358 e. The van der Waals surface area contributed by atoms with E-state index in [1.165, 1.54) is 5.56 Å². The van der Waals surface area contributed by atoms with E-state index in [9.17, 15) is 4.79 Å². The molecule has 1 heterocycles. The molecular weight excluding hydrogens is 236 g/mol. The van der Waals surface area contributed by atoms with Crippen molar-refractivity contribution in [3.63, 3.8) is 0 Å². The normalized spacial score (nSPS) is 10.7. The SMILES string of the molecule is C=C(C)CN(C)C(=O)c1ccc2[nH]c(C)c(C)c2c1. The van der Waals surface area contributed by atoms with Gasteiger partial charge in [-0.2, -0.15) is 0 Å². The number of hydrogen-bond donors (Lipinski definition) is 1. The highest BCUT2D eigenvalue weighted by molar-refractivity contribution is 5.99. The van der Waals surface area contributed by atoms with Gasteiger partial charge in [0.05, 0.1) is 0 Å². The summed E-state index contributed by atoms with van der Waals surface area (Å²) in [5.41, 5.74) is 5.13. The average molecular weight is 256 g/mol. The van der Waals surface area contributed by atoms with Crippen LogP contribution in [0.15, 0.2) is 30.4 Å². The first-order valence-corrected chi connectivity index (χ1v) is 6.39. The van der Waals surface area contributed by atoms with Crippen molar-refractivity contribution in [2.45, 2.75) is 20.8 Å². The number of likely N-dealkylation sites (N-methyl/N-ethyl adjacent to an activating group) is 1. The number of rotatable bonds is 3. The number of aromatic nitrogens is 1. The summed E-state index contributed by atoms with van der Waals surface area (Å²) in [6.07, 6.45) is 0. The Bertz CT molecular complexity index is 652. The number of fused-ring (bicyclic) bond motifs is 1. The number of aromatic amines is 1. The number of aryl methyl sites for hydroxylation is 2. The lowest BCUT2D eigenvalue weighted by atomic mass is 10.1. The Hall–Kier alpha value is -2.03. The predicted octanol–water partition coefficient (Wildman–Crippen LogP) is 3.43. The minimum absolute atomic E-state index is 0.0307.